The van der Waals surface area contributed by atoms with Crippen LogP contribution in [-0.2, 0) is 6.42 Å². The molecule has 0 heterocycles. The van der Waals surface area contributed by atoms with Crippen LogP contribution in [0.15, 0.2) is 17.7 Å². The van der Waals surface area contributed by atoms with Crippen LogP contribution in [-0.4, -0.2) is 0 Å². The molecule has 0 bridgehead atoms. The van der Waals surface area contributed by atoms with Crippen molar-refractivity contribution in [3.8, 4) is 0 Å². The van der Waals surface area contributed by atoms with E-state index in [9.17, 15) is 0 Å². The molecule has 0 amide bonds. The van der Waals surface area contributed by atoms with Crippen LogP contribution in [0.25, 0.3) is 6.08 Å². The molecule has 0 saturated heterocycles. The Bertz CT molecular complexity index is 364. The topological polar surface area (TPSA) is 0 Å². The smallest absolute Gasteiger partial charge is 0.0598 e. The highest BCUT2D eigenvalue weighted by Gasteiger charge is 2.11. The molecule has 1 aromatic carbocycles. The third-order valence-electron chi connectivity index (χ3n) is 2.05. The minimum Gasteiger partial charge on any atom is -0.0827 e. The summed E-state index contributed by atoms with van der Waals surface area (Å²) < 4.78 is 0. The molecule has 0 saturated carbocycles. The molecular weight excluding hydrogens is 191 g/mol. The number of rotatable bonds is 0. The summed E-state index contributed by atoms with van der Waals surface area (Å²) in [6.07, 6.45) is 3.16. The summed E-state index contributed by atoms with van der Waals surface area (Å²) in [5.74, 6) is 0. The highest BCUT2D eigenvalue weighted by Crippen LogP contribution is 2.32. The maximum absolute atomic E-state index is 5.88. The fraction of sp³-hybridized carbons (Fsp3) is 0.200. The van der Waals surface area contributed by atoms with Gasteiger partial charge in [-0.1, -0.05) is 34.9 Å². The lowest BCUT2D eigenvalue weighted by Crippen LogP contribution is -1.82. The average molecular weight is 199 g/mol. The SMILES string of the molecule is CC1=Cc2cc(Cl)c(Cl)cc2C1. The largest absolute Gasteiger partial charge is 0.0827 e. The minimum atomic E-state index is 0.640. The minimum absolute atomic E-state index is 0.640. The van der Waals surface area contributed by atoms with Gasteiger partial charge in [0, 0.05) is 0 Å². The Kier molecular flexibility index (Phi) is 1.90. The number of benzene rings is 1. The van der Waals surface area contributed by atoms with Crippen molar-refractivity contribution in [1.29, 1.82) is 0 Å². The van der Waals surface area contributed by atoms with E-state index in [-0.39, 0.29) is 0 Å². The molecule has 0 aliphatic heterocycles. The van der Waals surface area contributed by atoms with Crippen molar-refractivity contribution in [2.24, 2.45) is 0 Å². The molecule has 0 aromatic heterocycles. The van der Waals surface area contributed by atoms with Gasteiger partial charge in [-0.2, -0.15) is 0 Å². The summed E-state index contributed by atoms with van der Waals surface area (Å²) in [4.78, 5) is 0. The van der Waals surface area contributed by atoms with Crippen molar-refractivity contribution in [3.05, 3.63) is 38.9 Å². The first-order valence-corrected chi connectivity index (χ1v) is 4.57. The molecule has 0 nitrogen and oxygen atoms in total. The van der Waals surface area contributed by atoms with E-state index in [1.165, 1.54) is 16.7 Å². The summed E-state index contributed by atoms with van der Waals surface area (Å²) >= 11 is 11.8. The van der Waals surface area contributed by atoms with Gasteiger partial charge in [-0.25, -0.2) is 0 Å². The molecule has 2 heteroatoms. The first-order valence-electron chi connectivity index (χ1n) is 3.82. The Hall–Kier alpha value is -0.460. The second-order valence-corrected chi connectivity index (χ2v) is 3.95. The number of hydrogen-bond acceptors (Lipinski definition) is 0. The predicted molar refractivity (Wildman–Crippen MR) is 53.8 cm³/mol. The maximum atomic E-state index is 5.88. The highest BCUT2D eigenvalue weighted by molar-refractivity contribution is 6.42. The second kappa shape index (κ2) is 2.79. The number of hydrogen-bond donors (Lipinski definition) is 0. The fourth-order valence-electron chi connectivity index (χ4n) is 1.51. The Labute approximate surface area is 81.8 Å². The highest BCUT2D eigenvalue weighted by atomic mass is 35.5. The third kappa shape index (κ3) is 1.26. The number of halogens is 2. The third-order valence-corrected chi connectivity index (χ3v) is 2.78. The van der Waals surface area contributed by atoms with Crippen molar-refractivity contribution >= 4 is 29.3 Å². The van der Waals surface area contributed by atoms with Gasteiger partial charge >= 0.3 is 0 Å². The summed E-state index contributed by atoms with van der Waals surface area (Å²) in [6.45, 7) is 2.11. The molecule has 0 fully saturated rings. The van der Waals surface area contributed by atoms with Crippen molar-refractivity contribution in [2.75, 3.05) is 0 Å². The van der Waals surface area contributed by atoms with Gasteiger partial charge in [-0.15, -0.1) is 0 Å². The molecule has 0 atom stereocenters. The van der Waals surface area contributed by atoms with Crippen LogP contribution in [0.2, 0.25) is 10.0 Å². The first-order chi connectivity index (χ1) is 5.66. The van der Waals surface area contributed by atoms with Crippen LogP contribution in [0.5, 0.6) is 0 Å². The van der Waals surface area contributed by atoms with Gasteiger partial charge in [-0.3, -0.25) is 0 Å². The fourth-order valence-corrected chi connectivity index (χ4v) is 1.87. The Balaban J connectivity index is 2.57. The quantitative estimate of drug-likeness (QED) is 0.593. The number of allylic oxidation sites excluding steroid dienone is 1. The van der Waals surface area contributed by atoms with Gasteiger partial charge in [0.1, 0.15) is 0 Å². The zero-order chi connectivity index (χ0) is 8.72. The van der Waals surface area contributed by atoms with E-state index in [4.69, 9.17) is 23.2 Å². The summed E-state index contributed by atoms with van der Waals surface area (Å²) in [5.41, 5.74) is 3.85. The monoisotopic (exact) mass is 198 g/mol. The Morgan fingerprint density at radius 3 is 2.58 bits per heavy atom. The van der Waals surface area contributed by atoms with Crippen molar-refractivity contribution in [3.63, 3.8) is 0 Å². The van der Waals surface area contributed by atoms with Crippen LogP contribution in [0, 0.1) is 0 Å². The summed E-state index contributed by atoms with van der Waals surface area (Å²) in [5, 5.41) is 1.29. The van der Waals surface area contributed by atoms with Gasteiger partial charge in [-0.05, 0) is 36.6 Å². The van der Waals surface area contributed by atoms with Crippen LogP contribution >= 0.6 is 23.2 Å². The molecular formula is C10H8Cl2. The normalized spacial score (nSPS) is 14.4. The average Bonchev–Trinajstić information content (AvgIpc) is 2.30. The molecule has 0 radical (unpaired) electrons. The number of fused-ring (bicyclic) bond motifs is 1. The zero-order valence-corrected chi connectivity index (χ0v) is 8.21. The zero-order valence-electron chi connectivity index (χ0n) is 6.70. The Morgan fingerprint density at radius 2 is 1.83 bits per heavy atom. The standard InChI is InChI=1S/C10H8Cl2/c1-6-2-7-4-9(11)10(12)5-8(7)3-6/h2,4-5H,3H2,1H3. The van der Waals surface area contributed by atoms with Crippen molar-refractivity contribution < 1.29 is 0 Å². The van der Waals surface area contributed by atoms with Crippen LogP contribution in [0.4, 0.5) is 0 Å². The maximum Gasteiger partial charge on any atom is 0.0598 e. The lowest BCUT2D eigenvalue weighted by atomic mass is 10.1. The van der Waals surface area contributed by atoms with E-state index in [1.54, 1.807) is 0 Å². The van der Waals surface area contributed by atoms with Crippen LogP contribution < -0.4 is 0 Å². The molecule has 1 aliphatic carbocycles. The molecule has 62 valence electrons. The van der Waals surface area contributed by atoms with Crippen molar-refractivity contribution in [1.82, 2.24) is 0 Å². The molecule has 0 spiro atoms. The molecule has 1 aromatic rings. The van der Waals surface area contributed by atoms with Gasteiger partial charge < -0.3 is 0 Å². The molecule has 0 N–H and O–H groups in total. The molecule has 2 rings (SSSR count). The van der Waals surface area contributed by atoms with E-state index in [2.05, 4.69) is 13.0 Å². The lowest BCUT2D eigenvalue weighted by molar-refractivity contribution is 1.20. The van der Waals surface area contributed by atoms with E-state index >= 15 is 0 Å². The molecule has 0 unspecified atom stereocenters. The van der Waals surface area contributed by atoms with Gasteiger partial charge in [0.15, 0.2) is 0 Å². The molecule has 1 aliphatic rings. The predicted octanol–water partition coefficient (Wildman–Crippen LogP) is 3.95. The molecule has 12 heavy (non-hydrogen) atoms. The first kappa shape index (κ1) is 8.15. The summed E-state index contributed by atoms with van der Waals surface area (Å²) in [6, 6.07) is 3.88. The lowest BCUT2D eigenvalue weighted by Gasteiger charge is -2.00. The van der Waals surface area contributed by atoms with E-state index in [1.807, 2.05) is 12.1 Å². The van der Waals surface area contributed by atoms with Gasteiger partial charge in [0.25, 0.3) is 0 Å². The Morgan fingerprint density at radius 1 is 1.17 bits per heavy atom. The van der Waals surface area contributed by atoms with E-state index in [0.29, 0.717) is 10.0 Å². The second-order valence-electron chi connectivity index (χ2n) is 3.13. The van der Waals surface area contributed by atoms with E-state index < -0.39 is 0 Å². The van der Waals surface area contributed by atoms with Crippen molar-refractivity contribution in [2.45, 2.75) is 13.3 Å². The van der Waals surface area contributed by atoms with Gasteiger partial charge in [0.2, 0.25) is 0 Å². The van der Waals surface area contributed by atoms with Crippen LogP contribution in [0.1, 0.15) is 18.1 Å². The van der Waals surface area contributed by atoms with Gasteiger partial charge in [0.05, 0.1) is 10.0 Å². The van der Waals surface area contributed by atoms with Crippen LogP contribution in [0.3, 0.4) is 0 Å². The van der Waals surface area contributed by atoms with E-state index in [0.717, 1.165) is 6.42 Å². The summed E-state index contributed by atoms with van der Waals surface area (Å²) in [7, 11) is 0.